The Labute approximate surface area is 180 Å². The third kappa shape index (κ3) is 3.87. The molecule has 152 valence electrons. The van der Waals surface area contributed by atoms with Crippen molar-refractivity contribution in [1.82, 2.24) is 14.9 Å². The number of morpholine rings is 1. The van der Waals surface area contributed by atoms with Gasteiger partial charge < -0.3 is 10.1 Å². The summed E-state index contributed by atoms with van der Waals surface area (Å²) >= 11 is 8.29. The molecule has 0 amide bonds. The van der Waals surface area contributed by atoms with Crippen LogP contribution in [-0.2, 0) is 24.1 Å². The zero-order valence-electron chi connectivity index (χ0n) is 16.6. The summed E-state index contributed by atoms with van der Waals surface area (Å²) in [5.41, 5.74) is 2.53. The van der Waals surface area contributed by atoms with Crippen molar-refractivity contribution in [3.63, 3.8) is 0 Å². The van der Waals surface area contributed by atoms with Crippen molar-refractivity contribution >= 4 is 39.0 Å². The molecule has 1 atom stereocenters. The molecule has 29 heavy (non-hydrogen) atoms. The fourth-order valence-corrected chi connectivity index (χ4v) is 5.86. The van der Waals surface area contributed by atoms with Gasteiger partial charge in [-0.15, -0.1) is 11.3 Å². The van der Waals surface area contributed by atoms with Crippen molar-refractivity contribution in [2.24, 2.45) is 0 Å². The number of anilines is 1. The highest BCUT2D eigenvalue weighted by molar-refractivity contribution is 7.19. The van der Waals surface area contributed by atoms with Crippen LogP contribution in [0.2, 0.25) is 5.02 Å². The number of nitrogens with zero attached hydrogens (tertiary/aromatic N) is 3. The maximum absolute atomic E-state index is 6.45. The monoisotopic (exact) mass is 428 g/mol. The quantitative estimate of drug-likeness (QED) is 0.630. The number of thiophene rings is 1. The number of aromatic nitrogens is 2. The van der Waals surface area contributed by atoms with Gasteiger partial charge in [0.1, 0.15) is 16.5 Å². The number of hydrogen-bond donors (Lipinski definition) is 1. The summed E-state index contributed by atoms with van der Waals surface area (Å²) in [6, 6.07) is 8.08. The molecule has 0 saturated carbocycles. The smallest absolute Gasteiger partial charge is 0.146 e. The van der Waals surface area contributed by atoms with Gasteiger partial charge in [0, 0.05) is 23.0 Å². The van der Waals surface area contributed by atoms with Crippen LogP contribution in [-0.4, -0.2) is 41.2 Å². The largest absolute Gasteiger partial charge is 0.379 e. The Morgan fingerprint density at radius 1 is 1.21 bits per heavy atom. The second-order valence-electron chi connectivity index (χ2n) is 7.80. The van der Waals surface area contributed by atoms with Gasteiger partial charge in [-0.25, -0.2) is 9.97 Å². The molecule has 2 aliphatic rings. The summed E-state index contributed by atoms with van der Waals surface area (Å²) in [7, 11) is 0. The molecular weight excluding hydrogens is 404 g/mol. The Morgan fingerprint density at radius 2 is 2.03 bits per heavy atom. The van der Waals surface area contributed by atoms with Crippen LogP contribution in [0.1, 0.15) is 41.2 Å². The van der Waals surface area contributed by atoms with Crippen molar-refractivity contribution in [2.75, 3.05) is 31.6 Å². The molecule has 1 aliphatic heterocycles. The number of rotatable bonds is 5. The minimum atomic E-state index is 0.0648. The lowest BCUT2D eigenvalue weighted by Gasteiger charge is -2.26. The maximum Gasteiger partial charge on any atom is 0.146 e. The van der Waals surface area contributed by atoms with E-state index in [-0.39, 0.29) is 6.04 Å². The van der Waals surface area contributed by atoms with E-state index in [2.05, 4.69) is 23.2 Å². The van der Waals surface area contributed by atoms with Gasteiger partial charge in [-0.1, -0.05) is 29.8 Å². The molecule has 1 saturated heterocycles. The topological polar surface area (TPSA) is 50.3 Å². The highest BCUT2D eigenvalue weighted by Crippen LogP contribution is 2.40. The molecule has 1 aliphatic carbocycles. The zero-order valence-corrected chi connectivity index (χ0v) is 18.2. The molecule has 3 aromatic rings. The number of aryl methyl sites for hydroxylation is 2. The van der Waals surface area contributed by atoms with Gasteiger partial charge in [0.15, 0.2) is 0 Å². The van der Waals surface area contributed by atoms with Gasteiger partial charge in [0.05, 0.1) is 31.2 Å². The van der Waals surface area contributed by atoms with Gasteiger partial charge in [0.25, 0.3) is 0 Å². The van der Waals surface area contributed by atoms with E-state index in [1.54, 1.807) is 0 Å². The van der Waals surface area contributed by atoms with Gasteiger partial charge in [-0.3, -0.25) is 4.90 Å². The van der Waals surface area contributed by atoms with Crippen molar-refractivity contribution < 1.29 is 4.74 Å². The Bertz CT molecular complexity index is 1030. The van der Waals surface area contributed by atoms with Gasteiger partial charge in [0.2, 0.25) is 0 Å². The average molecular weight is 429 g/mol. The number of benzene rings is 1. The molecule has 1 aromatic carbocycles. The van der Waals surface area contributed by atoms with Crippen LogP contribution in [0.25, 0.3) is 10.2 Å². The van der Waals surface area contributed by atoms with Crippen molar-refractivity contribution in [3.8, 4) is 0 Å². The first-order valence-electron chi connectivity index (χ1n) is 10.3. The normalized spacial score (nSPS) is 18.1. The molecule has 5 nitrogen and oxygen atoms in total. The van der Waals surface area contributed by atoms with Crippen LogP contribution in [0.3, 0.4) is 0 Å². The summed E-state index contributed by atoms with van der Waals surface area (Å²) in [6.45, 7) is 6.33. The molecule has 0 spiro atoms. The number of nitrogens with one attached hydrogen (secondary N) is 1. The van der Waals surface area contributed by atoms with Crippen LogP contribution in [0.15, 0.2) is 24.3 Å². The number of halogens is 1. The lowest BCUT2D eigenvalue weighted by molar-refractivity contribution is 0.0331. The second kappa shape index (κ2) is 8.19. The SMILES string of the molecule is C[C@H](Nc1nc(CN2CCOCC2)nc2sc3c(c12)CCC3)c1ccccc1Cl. The number of ether oxygens (including phenoxy) is 1. The fraction of sp³-hybridized carbons (Fsp3) is 0.455. The first kappa shape index (κ1) is 19.2. The van der Waals surface area contributed by atoms with Crippen molar-refractivity contribution in [3.05, 3.63) is 51.1 Å². The Balaban J connectivity index is 1.51. The lowest BCUT2D eigenvalue weighted by Crippen LogP contribution is -2.36. The van der Waals surface area contributed by atoms with Crippen molar-refractivity contribution in [1.29, 1.82) is 0 Å². The molecule has 2 aromatic heterocycles. The summed E-state index contributed by atoms with van der Waals surface area (Å²) < 4.78 is 5.48. The van der Waals surface area contributed by atoms with Gasteiger partial charge in [-0.05, 0) is 43.4 Å². The van der Waals surface area contributed by atoms with E-state index in [1.807, 2.05) is 29.5 Å². The molecule has 5 rings (SSSR count). The van der Waals surface area contributed by atoms with Gasteiger partial charge >= 0.3 is 0 Å². The number of fused-ring (bicyclic) bond motifs is 3. The van der Waals surface area contributed by atoms with E-state index in [9.17, 15) is 0 Å². The molecule has 0 radical (unpaired) electrons. The van der Waals surface area contributed by atoms with Crippen LogP contribution in [0.5, 0.6) is 0 Å². The highest BCUT2D eigenvalue weighted by Gasteiger charge is 2.24. The predicted molar refractivity (Wildman–Crippen MR) is 119 cm³/mol. The first-order chi connectivity index (χ1) is 14.2. The second-order valence-corrected chi connectivity index (χ2v) is 9.29. The molecule has 3 heterocycles. The predicted octanol–water partition coefficient (Wildman–Crippen LogP) is 4.84. The maximum atomic E-state index is 6.45. The fourth-order valence-electron chi connectivity index (χ4n) is 4.28. The lowest BCUT2D eigenvalue weighted by atomic mass is 10.1. The van der Waals surface area contributed by atoms with Crippen LogP contribution in [0.4, 0.5) is 5.82 Å². The summed E-state index contributed by atoms with van der Waals surface area (Å²) in [5, 5.41) is 5.66. The van der Waals surface area contributed by atoms with E-state index in [0.717, 1.165) is 72.7 Å². The number of hydrogen-bond acceptors (Lipinski definition) is 6. The highest BCUT2D eigenvalue weighted by atomic mass is 35.5. The molecule has 1 N–H and O–H groups in total. The summed E-state index contributed by atoms with van der Waals surface area (Å²) in [5.74, 6) is 1.83. The standard InChI is InChI=1S/C22H25ClN4OS/c1-14(15-5-2-3-7-17(15)23)24-21-20-16-6-4-8-18(16)29-22(20)26-19(25-21)13-27-9-11-28-12-10-27/h2-3,5,7,14H,4,6,8-13H2,1H3,(H,24,25,26)/t14-/m0/s1. The Kier molecular flexibility index (Phi) is 5.43. The first-order valence-corrected chi connectivity index (χ1v) is 11.5. The van der Waals surface area contributed by atoms with Crippen molar-refractivity contribution in [2.45, 2.75) is 38.8 Å². The van der Waals surface area contributed by atoms with Crippen LogP contribution in [0, 0.1) is 0 Å². The summed E-state index contributed by atoms with van der Waals surface area (Å²) in [4.78, 5) is 14.9. The van der Waals surface area contributed by atoms with E-state index in [1.165, 1.54) is 22.2 Å². The van der Waals surface area contributed by atoms with Gasteiger partial charge in [-0.2, -0.15) is 0 Å². The van der Waals surface area contributed by atoms with Crippen LogP contribution < -0.4 is 5.32 Å². The molecular formula is C22H25ClN4OS. The molecule has 0 bridgehead atoms. The summed E-state index contributed by atoms with van der Waals surface area (Å²) in [6.07, 6.45) is 3.51. The van der Waals surface area contributed by atoms with E-state index in [4.69, 9.17) is 26.3 Å². The van der Waals surface area contributed by atoms with E-state index < -0.39 is 0 Å². The van der Waals surface area contributed by atoms with E-state index >= 15 is 0 Å². The minimum absolute atomic E-state index is 0.0648. The van der Waals surface area contributed by atoms with Crippen LogP contribution >= 0.6 is 22.9 Å². The minimum Gasteiger partial charge on any atom is -0.379 e. The average Bonchev–Trinajstić information content (AvgIpc) is 3.30. The third-order valence-corrected chi connectivity index (χ3v) is 7.33. The Morgan fingerprint density at radius 3 is 2.86 bits per heavy atom. The Hall–Kier alpha value is -1.73. The molecule has 1 fully saturated rings. The molecule has 7 heteroatoms. The third-order valence-electron chi connectivity index (χ3n) is 5.80. The molecule has 0 unspecified atom stereocenters. The van der Waals surface area contributed by atoms with E-state index in [0.29, 0.717) is 0 Å². The zero-order chi connectivity index (χ0) is 19.8.